The van der Waals surface area contributed by atoms with E-state index in [4.69, 9.17) is 6.85 Å². The predicted molar refractivity (Wildman–Crippen MR) is 59.3 cm³/mol. The summed E-state index contributed by atoms with van der Waals surface area (Å²) in [5.41, 5.74) is 1.67. The van der Waals surface area contributed by atoms with Crippen LogP contribution in [0.4, 0.5) is 0 Å². The molecule has 0 amide bonds. The minimum Gasteiger partial charge on any atom is -0.387 e. The van der Waals surface area contributed by atoms with Crippen LogP contribution in [0.3, 0.4) is 0 Å². The minimum absolute atomic E-state index is 0.618. The quantitative estimate of drug-likeness (QED) is 0.776. The Kier molecular flexibility index (Phi) is 2.16. The third-order valence-corrected chi connectivity index (χ3v) is 2.19. The van der Waals surface area contributed by atoms with Gasteiger partial charge in [-0.2, -0.15) is 0 Å². The fourth-order valence-electron chi connectivity index (χ4n) is 1.25. The van der Waals surface area contributed by atoms with Crippen molar-refractivity contribution >= 4 is 0 Å². The maximum atomic E-state index is 10.1. The SMILES string of the molecule is [2H]C([2H])([2H])C([2H])([2H])NC(C)C(O)c1ccc(C)cc1. The van der Waals surface area contributed by atoms with Crippen LogP contribution in [-0.2, 0) is 0 Å². The molecule has 0 aromatic heterocycles. The largest absolute Gasteiger partial charge is 0.387 e. The Labute approximate surface area is 93.0 Å². The van der Waals surface area contributed by atoms with Gasteiger partial charge >= 0.3 is 0 Å². The second kappa shape index (κ2) is 5.13. The van der Waals surface area contributed by atoms with Crippen LogP contribution in [-0.4, -0.2) is 17.6 Å². The molecule has 1 aromatic rings. The molecule has 1 aromatic carbocycles. The van der Waals surface area contributed by atoms with Crippen LogP contribution >= 0.6 is 0 Å². The Hall–Kier alpha value is -0.860. The fraction of sp³-hybridized carbons (Fsp3) is 0.500. The normalized spacial score (nSPS) is 22.4. The Morgan fingerprint density at radius 2 is 2.14 bits per heavy atom. The molecule has 2 nitrogen and oxygen atoms in total. The van der Waals surface area contributed by atoms with Gasteiger partial charge in [-0.3, -0.25) is 0 Å². The van der Waals surface area contributed by atoms with Crippen molar-refractivity contribution in [2.24, 2.45) is 0 Å². The van der Waals surface area contributed by atoms with E-state index >= 15 is 0 Å². The number of hydrogen-bond acceptors (Lipinski definition) is 2. The fourth-order valence-corrected chi connectivity index (χ4v) is 1.25. The Balaban J connectivity index is 2.78. The van der Waals surface area contributed by atoms with Crippen molar-refractivity contribution in [2.75, 3.05) is 6.50 Å². The maximum Gasteiger partial charge on any atom is 0.0940 e. The van der Waals surface area contributed by atoms with Crippen LogP contribution in [0.25, 0.3) is 0 Å². The lowest BCUT2D eigenvalue weighted by Crippen LogP contribution is -2.31. The Morgan fingerprint density at radius 1 is 1.50 bits per heavy atom. The molecule has 0 spiro atoms. The molecular formula is C12H19NO. The molecule has 78 valence electrons. The van der Waals surface area contributed by atoms with Crippen LogP contribution in [0.15, 0.2) is 24.3 Å². The van der Waals surface area contributed by atoms with Crippen LogP contribution in [0, 0.1) is 6.92 Å². The maximum absolute atomic E-state index is 10.1. The van der Waals surface area contributed by atoms with Gasteiger partial charge in [0.25, 0.3) is 0 Å². The van der Waals surface area contributed by atoms with E-state index in [1.54, 1.807) is 19.1 Å². The van der Waals surface area contributed by atoms with Gasteiger partial charge in [0.15, 0.2) is 0 Å². The van der Waals surface area contributed by atoms with Crippen molar-refractivity contribution in [3.05, 3.63) is 35.4 Å². The highest BCUT2D eigenvalue weighted by Crippen LogP contribution is 2.16. The zero-order valence-electron chi connectivity index (χ0n) is 13.4. The van der Waals surface area contributed by atoms with Gasteiger partial charge in [-0.1, -0.05) is 36.7 Å². The zero-order valence-corrected chi connectivity index (χ0v) is 8.41. The average Bonchev–Trinajstić information content (AvgIpc) is 2.27. The third kappa shape index (κ3) is 2.82. The van der Waals surface area contributed by atoms with Gasteiger partial charge in [-0.15, -0.1) is 0 Å². The molecule has 0 aliphatic heterocycles. The number of rotatable bonds is 4. The van der Waals surface area contributed by atoms with Gasteiger partial charge in [-0.05, 0) is 25.9 Å². The number of aryl methyl sites for hydroxylation is 1. The Bertz CT molecular complexity index is 415. The summed E-state index contributed by atoms with van der Waals surface area (Å²) in [4.78, 5) is 0. The zero-order chi connectivity index (χ0) is 14.8. The molecule has 0 aliphatic rings. The molecule has 0 aliphatic carbocycles. The molecule has 1 rings (SSSR count). The van der Waals surface area contributed by atoms with E-state index in [2.05, 4.69) is 5.32 Å². The molecule has 0 fully saturated rings. The lowest BCUT2D eigenvalue weighted by atomic mass is 10.0. The van der Waals surface area contributed by atoms with Gasteiger partial charge in [0, 0.05) is 12.9 Å². The topological polar surface area (TPSA) is 32.3 Å². The minimum atomic E-state index is -2.78. The van der Waals surface area contributed by atoms with Crippen molar-refractivity contribution < 1.29 is 12.0 Å². The van der Waals surface area contributed by atoms with E-state index in [-0.39, 0.29) is 0 Å². The molecule has 14 heavy (non-hydrogen) atoms. The van der Waals surface area contributed by atoms with E-state index in [0.717, 1.165) is 5.56 Å². The first-order valence-corrected chi connectivity index (χ1v) is 4.57. The monoisotopic (exact) mass is 198 g/mol. The summed E-state index contributed by atoms with van der Waals surface area (Å²) in [6.45, 7) is -1.86. The first-order valence-electron chi connectivity index (χ1n) is 7.07. The molecule has 2 unspecified atom stereocenters. The third-order valence-electron chi connectivity index (χ3n) is 2.19. The number of hydrogen-bond donors (Lipinski definition) is 2. The number of aliphatic hydroxyl groups excluding tert-OH is 1. The lowest BCUT2D eigenvalue weighted by molar-refractivity contribution is 0.137. The summed E-state index contributed by atoms with van der Waals surface area (Å²) < 4.78 is 36.3. The van der Waals surface area contributed by atoms with Crippen molar-refractivity contribution in [3.8, 4) is 0 Å². The van der Waals surface area contributed by atoms with Crippen LogP contribution in [0.1, 0.15) is 37.9 Å². The van der Waals surface area contributed by atoms with E-state index in [9.17, 15) is 5.11 Å². The second-order valence-electron chi connectivity index (χ2n) is 3.41. The molecule has 0 saturated carbocycles. The van der Waals surface area contributed by atoms with Gasteiger partial charge in [-0.25, -0.2) is 0 Å². The summed E-state index contributed by atoms with van der Waals surface area (Å²) in [6.07, 6.45) is -0.974. The first-order chi connectivity index (χ1) is 8.54. The lowest BCUT2D eigenvalue weighted by Gasteiger charge is -2.19. The van der Waals surface area contributed by atoms with E-state index in [1.807, 2.05) is 19.1 Å². The highest BCUT2D eigenvalue weighted by molar-refractivity contribution is 5.23. The summed E-state index contributed by atoms with van der Waals surface area (Å²) in [7, 11) is 0. The van der Waals surface area contributed by atoms with Crippen molar-refractivity contribution in [3.63, 3.8) is 0 Å². The molecule has 0 radical (unpaired) electrons. The van der Waals surface area contributed by atoms with E-state index < -0.39 is 25.5 Å². The number of aliphatic hydroxyl groups is 1. The summed E-state index contributed by atoms with van der Waals surface area (Å²) in [5, 5.41) is 12.4. The molecular weight excluding hydrogens is 174 g/mol. The standard InChI is InChI=1S/C12H19NO/c1-4-13-10(3)12(14)11-7-5-9(2)6-8-11/h5-8,10,12-14H,4H2,1-3H3/i1D3,4D2. The van der Waals surface area contributed by atoms with Crippen LogP contribution in [0.2, 0.25) is 0 Å². The van der Waals surface area contributed by atoms with Crippen molar-refractivity contribution in [1.29, 1.82) is 0 Å². The predicted octanol–water partition coefficient (Wildman–Crippen LogP) is 2.03. The second-order valence-corrected chi connectivity index (χ2v) is 3.41. The van der Waals surface area contributed by atoms with Gasteiger partial charge in [0.05, 0.1) is 6.10 Å². The smallest absolute Gasteiger partial charge is 0.0940 e. The number of likely N-dealkylation sites (N-methyl/N-ethyl adjacent to an activating group) is 1. The number of benzene rings is 1. The van der Waals surface area contributed by atoms with E-state index in [0.29, 0.717) is 5.56 Å². The molecule has 0 heterocycles. The van der Waals surface area contributed by atoms with Crippen LogP contribution in [0.5, 0.6) is 0 Å². The molecule has 0 saturated heterocycles. The van der Waals surface area contributed by atoms with Crippen molar-refractivity contribution in [1.82, 2.24) is 5.32 Å². The highest BCUT2D eigenvalue weighted by atomic mass is 16.3. The summed E-state index contributed by atoms with van der Waals surface area (Å²) in [5.74, 6) is 0. The summed E-state index contributed by atoms with van der Waals surface area (Å²) in [6, 6.07) is 6.43. The first kappa shape index (κ1) is 5.89. The van der Waals surface area contributed by atoms with Gasteiger partial charge < -0.3 is 10.4 Å². The van der Waals surface area contributed by atoms with E-state index in [1.165, 1.54) is 0 Å². The summed E-state index contributed by atoms with van der Waals surface area (Å²) >= 11 is 0. The van der Waals surface area contributed by atoms with Crippen molar-refractivity contribution in [2.45, 2.75) is 32.8 Å². The van der Waals surface area contributed by atoms with Gasteiger partial charge in [0.2, 0.25) is 0 Å². The van der Waals surface area contributed by atoms with Gasteiger partial charge in [0.1, 0.15) is 0 Å². The highest BCUT2D eigenvalue weighted by Gasteiger charge is 2.14. The average molecular weight is 198 g/mol. The number of nitrogens with one attached hydrogen (secondary N) is 1. The molecule has 2 heteroatoms. The van der Waals surface area contributed by atoms with Crippen LogP contribution < -0.4 is 5.32 Å². The molecule has 2 N–H and O–H groups in total. The molecule has 2 atom stereocenters. The Morgan fingerprint density at radius 3 is 2.71 bits per heavy atom. The molecule has 0 bridgehead atoms.